The summed E-state index contributed by atoms with van der Waals surface area (Å²) < 4.78 is 38.9. The second-order valence-electron chi connectivity index (χ2n) is 7.00. The number of benzene rings is 1. The number of thioether (sulfide) groups is 1. The van der Waals surface area contributed by atoms with Crippen LogP contribution in [0.1, 0.15) is 51.5 Å². The SMILES string of the molecule is CCC/C(=N/OCC)C1=C(O)CC(CCSc2ccc(Cl)c(C(F)(F)F)c2)CC1=O. The average molecular weight is 464 g/mol. The van der Waals surface area contributed by atoms with E-state index in [0.717, 1.165) is 12.5 Å². The lowest BCUT2D eigenvalue weighted by Gasteiger charge is -2.24. The van der Waals surface area contributed by atoms with Gasteiger partial charge in [-0.05, 0) is 49.6 Å². The molecule has 0 heterocycles. The summed E-state index contributed by atoms with van der Waals surface area (Å²) in [4.78, 5) is 18.2. The maximum absolute atomic E-state index is 13.0. The predicted molar refractivity (Wildman–Crippen MR) is 113 cm³/mol. The summed E-state index contributed by atoms with van der Waals surface area (Å²) in [5.74, 6) is 0.289. The smallest absolute Gasteiger partial charge is 0.417 e. The molecule has 0 saturated carbocycles. The van der Waals surface area contributed by atoms with Crippen molar-refractivity contribution in [2.24, 2.45) is 11.1 Å². The number of rotatable bonds is 9. The summed E-state index contributed by atoms with van der Waals surface area (Å²) in [5, 5.41) is 14.1. The van der Waals surface area contributed by atoms with Gasteiger partial charge in [-0.25, -0.2) is 0 Å². The van der Waals surface area contributed by atoms with Crippen molar-refractivity contribution in [3.8, 4) is 0 Å². The molecule has 1 unspecified atom stereocenters. The number of hydrogen-bond acceptors (Lipinski definition) is 5. The molecule has 30 heavy (non-hydrogen) atoms. The summed E-state index contributed by atoms with van der Waals surface area (Å²) in [6.07, 6.45) is -2.02. The Morgan fingerprint density at radius 3 is 2.67 bits per heavy atom. The van der Waals surface area contributed by atoms with Crippen LogP contribution in [-0.4, -0.2) is 29.0 Å². The van der Waals surface area contributed by atoms with Crippen LogP contribution in [0.2, 0.25) is 5.02 Å². The molecule has 0 fully saturated rings. The van der Waals surface area contributed by atoms with E-state index in [9.17, 15) is 23.1 Å². The monoisotopic (exact) mass is 463 g/mol. The second kappa shape index (κ2) is 11.1. The molecule has 0 bridgehead atoms. The number of aliphatic hydroxyl groups excluding tert-OH is 1. The van der Waals surface area contributed by atoms with Crippen LogP contribution in [0.3, 0.4) is 0 Å². The number of allylic oxidation sites excluding steroid dienone is 2. The molecular formula is C21H25ClF3NO3S. The van der Waals surface area contributed by atoms with Crippen LogP contribution in [0.15, 0.2) is 39.6 Å². The van der Waals surface area contributed by atoms with E-state index in [1.807, 2.05) is 6.92 Å². The molecule has 0 saturated heterocycles. The van der Waals surface area contributed by atoms with E-state index in [0.29, 0.717) is 42.2 Å². The highest BCUT2D eigenvalue weighted by atomic mass is 35.5. The van der Waals surface area contributed by atoms with Crippen LogP contribution in [-0.2, 0) is 15.8 Å². The lowest BCUT2D eigenvalue weighted by Crippen LogP contribution is -2.25. The molecule has 1 aromatic carbocycles. The first-order valence-corrected chi connectivity index (χ1v) is 11.2. The first kappa shape index (κ1) is 24.6. The maximum Gasteiger partial charge on any atom is 0.417 e. The van der Waals surface area contributed by atoms with Gasteiger partial charge in [-0.1, -0.05) is 30.1 Å². The van der Waals surface area contributed by atoms with Crippen LogP contribution < -0.4 is 0 Å². The molecule has 0 spiro atoms. The van der Waals surface area contributed by atoms with Gasteiger partial charge in [0, 0.05) is 17.7 Å². The van der Waals surface area contributed by atoms with Crippen molar-refractivity contribution in [2.45, 2.75) is 57.0 Å². The van der Waals surface area contributed by atoms with Crippen molar-refractivity contribution < 1.29 is 27.9 Å². The molecule has 1 aromatic rings. The van der Waals surface area contributed by atoms with Crippen molar-refractivity contribution in [1.29, 1.82) is 0 Å². The van der Waals surface area contributed by atoms with Gasteiger partial charge >= 0.3 is 6.18 Å². The molecule has 166 valence electrons. The molecule has 9 heteroatoms. The van der Waals surface area contributed by atoms with Crippen molar-refractivity contribution in [1.82, 2.24) is 0 Å². The van der Waals surface area contributed by atoms with Gasteiger partial charge in [0.2, 0.25) is 0 Å². The maximum atomic E-state index is 13.0. The average Bonchev–Trinajstić information content (AvgIpc) is 2.66. The molecule has 1 aliphatic rings. The first-order chi connectivity index (χ1) is 14.2. The number of carbonyl (C=O) groups is 1. The Bertz CT molecular complexity index is 824. The Labute approximate surface area is 183 Å². The lowest BCUT2D eigenvalue weighted by molar-refractivity contribution is -0.137. The Morgan fingerprint density at radius 1 is 1.33 bits per heavy atom. The molecule has 1 N–H and O–H groups in total. The van der Waals surface area contributed by atoms with Gasteiger partial charge in [-0.2, -0.15) is 13.2 Å². The number of aliphatic hydroxyl groups is 1. The second-order valence-corrected chi connectivity index (χ2v) is 8.58. The number of Topliss-reactive ketones (excluding diaryl/α,β-unsaturated/α-hetero) is 1. The lowest BCUT2D eigenvalue weighted by atomic mass is 9.83. The Hall–Kier alpha value is -1.67. The minimum absolute atomic E-state index is 0.0130. The fourth-order valence-electron chi connectivity index (χ4n) is 3.25. The van der Waals surface area contributed by atoms with E-state index in [1.54, 1.807) is 13.0 Å². The summed E-state index contributed by atoms with van der Waals surface area (Å²) in [7, 11) is 0. The summed E-state index contributed by atoms with van der Waals surface area (Å²) in [6, 6.07) is 3.82. The standard InChI is InChI=1S/C21H25ClF3NO3S/c1-3-5-17(26-29-4-2)20-18(27)10-13(11-19(20)28)8-9-30-14-6-7-16(22)15(12-14)21(23,24)25/h6-7,12-13,27H,3-5,8-11H2,1-2H3/b26-17-. The number of oxime groups is 1. The number of carbonyl (C=O) groups excluding carboxylic acids is 1. The number of nitrogens with zero attached hydrogens (tertiary/aromatic N) is 1. The largest absolute Gasteiger partial charge is 0.511 e. The third-order valence-corrected chi connectivity index (χ3v) is 6.00. The van der Waals surface area contributed by atoms with Crippen molar-refractivity contribution in [3.05, 3.63) is 40.1 Å². The van der Waals surface area contributed by atoms with Crippen LogP contribution in [0, 0.1) is 5.92 Å². The zero-order valence-electron chi connectivity index (χ0n) is 16.9. The van der Waals surface area contributed by atoms with Gasteiger partial charge in [0.15, 0.2) is 5.78 Å². The van der Waals surface area contributed by atoms with Gasteiger partial charge in [0.05, 0.1) is 21.9 Å². The molecule has 1 atom stereocenters. The number of hydrogen-bond donors (Lipinski definition) is 1. The minimum Gasteiger partial charge on any atom is -0.511 e. The summed E-state index contributed by atoms with van der Waals surface area (Å²) in [6.45, 7) is 4.11. The molecule has 0 aromatic heterocycles. The Morgan fingerprint density at radius 2 is 2.07 bits per heavy atom. The molecule has 4 nitrogen and oxygen atoms in total. The minimum atomic E-state index is -4.50. The van der Waals surface area contributed by atoms with E-state index in [4.69, 9.17) is 16.4 Å². The molecule has 1 aliphatic carbocycles. The van der Waals surface area contributed by atoms with E-state index in [2.05, 4.69) is 5.16 Å². The third-order valence-electron chi connectivity index (χ3n) is 4.64. The van der Waals surface area contributed by atoms with Gasteiger partial charge in [0.1, 0.15) is 12.4 Å². The zero-order valence-corrected chi connectivity index (χ0v) is 18.5. The molecule has 0 aliphatic heterocycles. The van der Waals surface area contributed by atoms with Crippen molar-refractivity contribution >= 4 is 34.9 Å². The van der Waals surface area contributed by atoms with Crippen LogP contribution >= 0.6 is 23.4 Å². The van der Waals surface area contributed by atoms with Gasteiger partial charge in [-0.15, -0.1) is 11.8 Å². The molecule has 0 radical (unpaired) electrons. The quantitative estimate of drug-likeness (QED) is 0.248. The van der Waals surface area contributed by atoms with Crippen LogP contribution in [0.4, 0.5) is 13.2 Å². The summed E-state index contributed by atoms with van der Waals surface area (Å²) >= 11 is 6.91. The van der Waals surface area contributed by atoms with Crippen LogP contribution in [0.25, 0.3) is 0 Å². The normalized spacial score (nSPS) is 18.1. The predicted octanol–water partition coefficient (Wildman–Crippen LogP) is 6.82. The van der Waals surface area contributed by atoms with E-state index in [-0.39, 0.29) is 34.5 Å². The van der Waals surface area contributed by atoms with Gasteiger partial charge in [0.25, 0.3) is 0 Å². The summed E-state index contributed by atoms with van der Waals surface area (Å²) in [5.41, 5.74) is -0.137. The Kier molecular flexibility index (Phi) is 9.09. The van der Waals surface area contributed by atoms with E-state index >= 15 is 0 Å². The first-order valence-electron chi connectivity index (χ1n) is 9.81. The molecule has 2 rings (SSSR count). The van der Waals surface area contributed by atoms with Crippen molar-refractivity contribution in [3.63, 3.8) is 0 Å². The molecule has 0 amide bonds. The Balaban J connectivity index is 2.01. The number of halogens is 4. The fourth-order valence-corrected chi connectivity index (χ4v) is 4.53. The third kappa shape index (κ3) is 6.67. The van der Waals surface area contributed by atoms with Gasteiger partial charge < -0.3 is 9.94 Å². The zero-order chi connectivity index (χ0) is 22.3. The fraction of sp³-hybridized carbons (Fsp3) is 0.524. The molecular weight excluding hydrogens is 439 g/mol. The highest BCUT2D eigenvalue weighted by Gasteiger charge is 2.33. The van der Waals surface area contributed by atoms with E-state index in [1.165, 1.54) is 17.8 Å². The topological polar surface area (TPSA) is 58.9 Å². The van der Waals surface area contributed by atoms with Crippen LogP contribution in [0.5, 0.6) is 0 Å². The highest BCUT2D eigenvalue weighted by Crippen LogP contribution is 2.38. The van der Waals surface area contributed by atoms with Gasteiger partial charge in [-0.3, -0.25) is 4.79 Å². The number of alkyl halides is 3. The number of ketones is 1. The highest BCUT2D eigenvalue weighted by molar-refractivity contribution is 7.99. The van der Waals surface area contributed by atoms with E-state index < -0.39 is 11.7 Å². The van der Waals surface area contributed by atoms with Crippen molar-refractivity contribution in [2.75, 3.05) is 12.4 Å².